The molecule has 22 heavy (non-hydrogen) atoms. The van der Waals surface area contributed by atoms with Crippen molar-refractivity contribution >= 4 is 17.8 Å². The monoisotopic (exact) mass is 297 g/mol. The van der Waals surface area contributed by atoms with Crippen molar-refractivity contribution in [3.8, 4) is 5.75 Å². The Balaban J connectivity index is 1.79. The van der Waals surface area contributed by atoms with Gasteiger partial charge in [0.05, 0.1) is 19.9 Å². The number of aryl methyl sites for hydroxylation is 1. The van der Waals surface area contributed by atoms with E-state index in [0.717, 1.165) is 22.6 Å². The van der Waals surface area contributed by atoms with Crippen molar-refractivity contribution in [2.45, 2.75) is 6.92 Å². The first-order chi connectivity index (χ1) is 10.7. The Hall–Kier alpha value is -2.82. The summed E-state index contributed by atoms with van der Waals surface area (Å²) in [6.07, 6.45) is 1.64. The summed E-state index contributed by atoms with van der Waals surface area (Å²) in [6.45, 7) is 2.14. The predicted octanol–water partition coefficient (Wildman–Crippen LogP) is 2.57. The number of amides is 1. The number of anilines is 1. The normalized spacial score (nSPS) is 10.5. The second kappa shape index (κ2) is 7.83. The summed E-state index contributed by atoms with van der Waals surface area (Å²) < 4.78 is 5.07. The van der Waals surface area contributed by atoms with E-state index in [0.29, 0.717) is 0 Å². The fraction of sp³-hybridized carbons (Fsp3) is 0.176. The Labute approximate surface area is 130 Å². The molecule has 2 N–H and O–H groups in total. The predicted molar refractivity (Wildman–Crippen MR) is 88.4 cm³/mol. The van der Waals surface area contributed by atoms with Gasteiger partial charge in [0.25, 0.3) is 5.91 Å². The lowest BCUT2D eigenvalue weighted by molar-refractivity contribution is -0.119. The lowest BCUT2D eigenvalue weighted by atomic mass is 10.1. The molecule has 2 aromatic carbocycles. The molecule has 0 aliphatic rings. The lowest BCUT2D eigenvalue weighted by Gasteiger charge is -2.06. The first-order valence-electron chi connectivity index (χ1n) is 6.94. The number of hydrogen-bond acceptors (Lipinski definition) is 4. The van der Waals surface area contributed by atoms with Crippen LogP contribution in [0.15, 0.2) is 53.6 Å². The number of nitrogens with one attached hydrogen (secondary N) is 2. The highest BCUT2D eigenvalue weighted by Gasteiger charge is 2.00. The molecule has 0 aliphatic heterocycles. The molecule has 0 bridgehead atoms. The average Bonchev–Trinajstić information content (AvgIpc) is 2.55. The van der Waals surface area contributed by atoms with Gasteiger partial charge in [0.2, 0.25) is 0 Å². The second-order valence-electron chi connectivity index (χ2n) is 4.73. The molecule has 0 heterocycles. The number of hydrazone groups is 1. The number of benzene rings is 2. The average molecular weight is 297 g/mol. The zero-order valence-corrected chi connectivity index (χ0v) is 12.7. The molecule has 5 nitrogen and oxygen atoms in total. The number of rotatable bonds is 6. The number of nitrogens with zero attached hydrogens (tertiary/aromatic N) is 1. The van der Waals surface area contributed by atoms with Crippen LogP contribution in [0.25, 0.3) is 0 Å². The SMILES string of the molecule is COc1ccc(NCC(=O)NN=Cc2ccccc2C)cc1. The molecule has 0 fully saturated rings. The van der Waals surface area contributed by atoms with E-state index in [1.54, 1.807) is 13.3 Å². The summed E-state index contributed by atoms with van der Waals surface area (Å²) in [4.78, 5) is 11.7. The van der Waals surface area contributed by atoms with Crippen LogP contribution < -0.4 is 15.5 Å². The van der Waals surface area contributed by atoms with Gasteiger partial charge in [-0.3, -0.25) is 4.79 Å². The molecular weight excluding hydrogens is 278 g/mol. The molecule has 0 atom stereocenters. The minimum absolute atomic E-state index is 0.150. The minimum Gasteiger partial charge on any atom is -0.497 e. The van der Waals surface area contributed by atoms with Crippen LogP contribution in [0.3, 0.4) is 0 Å². The van der Waals surface area contributed by atoms with Crippen molar-refractivity contribution in [1.29, 1.82) is 0 Å². The van der Waals surface area contributed by atoms with E-state index in [9.17, 15) is 4.79 Å². The van der Waals surface area contributed by atoms with Crippen LogP contribution in [0.2, 0.25) is 0 Å². The molecule has 0 aliphatic carbocycles. The maximum absolute atomic E-state index is 11.7. The Morgan fingerprint density at radius 2 is 1.91 bits per heavy atom. The van der Waals surface area contributed by atoms with Gasteiger partial charge in [0, 0.05) is 5.69 Å². The Morgan fingerprint density at radius 3 is 2.59 bits per heavy atom. The van der Waals surface area contributed by atoms with E-state index in [2.05, 4.69) is 15.8 Å². The van der Waals surface area contributed by atoms with Gasteiger partial charge in [0.1, 0.15) is 5.75 Å². The van der Waals surface area contributed by atoms with Crippen LogP contribution in [-0.4, -0.2) is 25.8 Å². The van der Waals surface area contributed by atoms with Crippen LogP contribution in [0.5, 0.6) is 5.75 Å². The van der Waals surface area contributed by atoms with Gasteiger partial charge in [-0.2, -0.15) is 5.10 Å². The Morgan fingerprint density at radius 1 is 1.18 bits per heavy atom. The number of carbonyl (C=O) groups is 1. The van der Waals surface area contributed by atoms with E-state index in [4.69, 9.17) is 4.74 Å². The minimum atomic E-state index is -0.208. The van der Waals surface area contributed by atoms with Crippen molar-refractivity contribution in [2.24, 2.45) is 5.10 Å². The number of methoxy groups -OCH3 is 1. The molecule has 0 saturated heterocycles. The van der Waals surface area contributed by atoms with Gasteiger partial charge in [-0.1, -0.05) is 24.3 Å². The lowest BCUT2D eigenvalue weighted by Crippen LogP contribution is -2.25. The van der Waals surface area contributed by atoms with Crippen molar-refractivity contribution in [3.05, 3.63) is 59.7 Å². The van der Waals surface area contributed by atoms with Crippen molar-refractivity contribution in [2.75, 3.05) is 19.0 Å². The van der Waals surface area contributed by atoms with Gasteiger partial charge in [0.15, 0.2) is 0 Å². The fourth-order valence-electron chi connectivity index (χ4n) is 1.84. The van der Waals surface area contributed by atoms with Crippen LogP contribution in [0, 0.1) is 6.92 Å². The molecule has 0 aromatic heterocycles. The zero-order valence-electron chi connectivity index (χ0n) is 12.7. The van der Waals surface area contributed by atoms with Crippen molar-refractivity contribution in [1.82, 2.24) is 5.43 Å². The number of hydrogen-bond donors (Lipinski definition) is 2. The summed E-state index contributed by atoms with van der Waals surface area (Å²) in [7, 11) is 1.61. The maximum atomic E-state index is 11.7. The first kappa shape index (κ1) is 15.6. The van der Waals surface area contributed by atoms with Gasteiger partial charge < -0.3 is 10.1 Å². The topological polar surface area (TPSA) is 62.7 Å². The third kappa shape index (κ3) is 4.63. The van der Waals surface area contributed by atoms with Crippen LogP contribution >= 0.6 is 0 Å². The standard InChI is InChI=1S/C17H19N3O2/c1-13-5-3-4-6-14(13)11-19-20-17(21)12-18-15-7-9-16(22-2)10-8-15/h3-11,18H,12H2,1-2H3,(H,20,21). The van der Waals surface area contributed by atoms with Crippen LogP contribution in [0.4, 0.5) is 5.69 Å². The highest BCUT2D eigenvalue weighted by molar-refractivity contribution is 5.85. The summed E-state index contributed by atoms with van der Waals surface area (Å²) in [5.41, 5.74) is 5.43. The largest absolute Gasteiger partial charge is 0.497 e. The van der Waals surface area contributed by atoms with Gasteiger partial charge in [-0.05, 0) is 42.3 Å². The van der Waals surface area contributed by atoms with Crippen LogP contribution in [0.1, 0.15) is 11.1 Å². The quantitative estimate of drug-likeness (QED) is 0.636. The molecule has 114 valence electrons. The molecule has 0 spiro atoms. The molecule has 2 rings (SSSR count). The molecule has 0 saturated carbocycles. The maximum Gasteiger partial charge on any atom is 0.259 e. The summed E-state index contributed by atoms with van der Waals surface area (Å²) >= 11 is 0. The van der Waals surface area contributed by atoms with Crippen molar-refractivity contribution in [3.63, 3.8) is 0 Å². The molecule has 1 amide bonds. The number of carbonyl (C=O) groups excluding carboxylic acids is 1. The Bertz CT molecular complexity index is 651. The summed E-state index contributed by atoms with van der Waals surface area (Å²) in [6, 6.07) is 15.2. The van der Waals surface area contributed by atoms with Gasteiger partial charge >= 0.3 is 0 Å². The molecular formula is C17H19N3O2. The smallest absolute Gasteiger partial charge is 0.259 e. The van der Waals surface area contributed by atoms with E-state index in [1.807, 2.05) is 55.5 Å². The zero-order chi connectivity index (χ0) is 15.8. The Kier molecular flexibility index (Phi) is 5.54. The van der Waals surface area contributed by atoms with E-state index in [1.165, 1.54) is 0 Å². The van der Waals surface area contributed by atoms with Gasteiger partial charge in [-0.25, -0.2) is 5.43 Å². The third-order valence-electron chi connectivity index (χ3n) is 3.12. The second-order valence-corrected chi connectivity index (χ2v) is 4.73. The van der Waals surface area contributed by atoms with Gasteiger partial charge in [-0.15, -0.1) is 0 Å². The van der Waals surface area contributed by atoms with E-state index in [-0.39, 0.29) is 12.5 Å². The highest BCUT2D eigenvalue weighted by atomic mass is 16.5. The first-order valence-corrected chi connectivity index (χ1v) is 6.94. The molecule has 0 unspecified atom stereocenters. The number of ether oxygens (including phenoxy) is 1. The highest BCUT2D eigenvalue weighted by Crippen LogP contribution is 2.14. The van der Waals surface area contributed by atoms with Crippen LogP contribution in [-0.2, 0) is 4.79 Å². The van der Waals surface area contributed by atoms with E-state index < -0.39 is 0 Å². The molecule has 5 heteroatoms. The third-order valence-corrected chi connectivity index (χ3v) is 3.12. The summed E-state index contributed by atoms with van der Waals surface area (Å²) in [5.74, 6) is 0.568. The van der Waals surface area contributed by atoms with E-state index >= 15 is 0 Å². The molecule has 2 aromatic rings. The molecule has 0 radical (unpaired) electrons. The van der Waals surface area contributed by atoms with Crippen molar-refractivity contribution < 1.29 is 9.53 Å². The summed E-state index contributed by atoms with van der Waals surface area (Å²) in [5, 5.41) is 6.97. The fourth-order valence-corrected chi connectivity index (χ4v) is 1.84.